The van der Waals surface area contributed by atoms with Crippen LogP contribution in [0.1, 0.15) is 32.6 Å². The number of rotatable bonds is 6. The van der Waals surface area contributed by atoms with E-state index < -0.39 is 10.0 Å². The molecule has 0 amide bonds. The summed E-state index contributed by atoms with van der Waals surface area (Å²) < 4.78 is 25.2. The van der Waals surface area contributed by atoms with Crippen LogP contribution in [0, 0.1) is 16.2 Å². The van der Waals surface area contributed by atoms with Crippen molar-refractivity contribution >= 4 is 21.8 Å². The molecule has 1 aliphatic heterocycles. The van der Waals surface area contributed by atoms with Crippen molar-refractivity contribution in [3.8, 4) is 6.07 Å². The lowest BCUT2D eigenvalue weighted by Gasteiger charge is -2.39. The summed E-state index contributed by atoms with van der Waals surface area (Å²) in [6.45, 7) is 1.90. The number of thioether (sulfide) groups is 1. The van der Waals surface area contributed by atoms with Crippen molar-refractivity contribution in [2.24, 2.45) is 5.29 Å². The molecule has 2 fully saturated rings. The van der Waals surface area contributed by atoms with E-state index in [0.717, 1.165) is 17.9 Å². The minimum Gasteiger partial charge on any atom is -0.256 e. The maximum Gasteiger partial charge on any atom is 0.208 e. The highest BCUT2D eigenvalue weighted by atomic mass is 32.2. The standard InChI is InChI=1S/C13H23N5O3S2/c1-10(17-9-22-8-13(17)7-14)18(16-19)12-5-3-11(4-6-12)15-23(2,20)21/h10-13,15H,3-6,8-9H2,1-2H3. The van der Waals surface area contributed by atoms with E-state index in [0.29, 0.717) is 25.7 Å². The van der Waals surface area contributed by atoms with Crippen molar-refractivity contribution in [2.45, 2.75) is 56.9 Å². The average Bonchev–Trinajstić information content (AvgIpc) is 2.96. The fourth-order valence-corrected chi connectivity index (χ4v) is 5.33. The molecule has 0 spiro atoms. The Morgan fingerprint density at radius 2 is 2.04 bits per heavy atom. The number of nitrogens with zero attached hydrogens (tertiary/aromatic N) is 4. The van der Waals surface area contributed by atoms with Gasteiger partial charge in [-0.1, -0.05) is 0 Å². The molecular weight excluding hydrogens is 338 g/mol. The Labute approximate surface area is 141 Å². The van der Waals surface area contributed by atoms with E-state index in [2.05, 4.69) is 16.1 Å². The zero-order valence-electron chi connectivity index (χ0n) is 13.4. The number of hydrogen-bond acceptors (Lipinski definition) is 7. The molecule has 2 unspecified atom stereocenters. The van der Waals surface area contributed by atoms with Crippen LogP contribution in [0.4, 0.5) is 0 Å². The third-order valence-corrected chi connectivity index (χ3v) is 6.27. The summed E-state index contributed by atoms with van der Waals surface area (Å²) >= 11 is 1.68. The smallest absolute Gasteiger partial charge is 0.208 e. The van der Waals surface area contributed by atoms with Crippen molar-refractivity contribution in [2.75, 3.05) is 17.9 Å². The molecule has 1 aliphatic carbocycles. The molecule has 1 heterocycles. The number of nitroso groups, excluding NO2 is 1. The monoisotopic (exact) mass is 361 g/mol. The van der Waals surface area contributed by atoms with Gasteiger partial charge in [-0.2, -0.15) is 5.26 Å². The van der Waals surface area contributed by atoms with E-state index >= 15 is 0 Å². The summed E-state index contributed by atoms with van der Waals surface area (Å²) in [5.74, 6) is 1.47. The highest BCUT2D eigenvalue weighted by Gasteiger charge is 2.36. The Hall–Kier alpha value is -0.890. The van der Waals surface area contributed by atoms with Gasteiger partial charge in [-0.15, -0.1) is 16.7 Å². The van der Waals surface area contributed by atoms with E-state index in [9.17, 15) is 18.6 Å². The lowest BCUT2D eigenvalue weighted by atomic mass is 9.91. The summed E-state index contributed by atoms with van der Waals surface area (Å²) in [6, 6.07) is 2.00. The third-order valence-electron chi connectivity index (χ3n) is 4.47. The van der Waals surface area contributed by atoms with Crippen molar-refractivity contribution in [3.63, 3.8) is 0 Å². The molecule has 10 heteroatoms. The molecule has 1 saturated carbocycles. The zero-order chi connectivity index (χ0) is 17.0. The Bertz CT molecular complexity index is 556. The predicted octanol–water partition coefficient (Wildman–Crippen LogP) is 1.07. The largest absolute Gasteiger partial charge is 0.256 e. The molecule has 0 aromatic carbocycles. The van der Waals surface area contributed by atoms with Gasteiger partial charge in [0.15, 0.2) is 0 Å². The first kappa shape index (κ1) is 18.4. The summed E-state index contributed by atoms with van der Waals surface area (Å²) in [7, 11) is -3.20. The lowest BCUT2D eigenvalue weighted by molar-refractivity contribution is 0.0147. The van der Waals surface area contributed by atoms with Crippen LogP contribution >= 0.6 is 11.8 Å². The van der Waals surface area contributed by atoms with E-state index in [-0.39, 0.29) is 24.3 Å². The average molecular weight is 361 g/mol. The quantitative estimate of drug-likeness (QED) is 0.557. The maximum absolute atomic E-state index is 11.4. The zero-order valence-corrected chi connectivity index (χ0v) is 15.0. The van der Waals surface area contributed by atoms with Gasteiger partial charge in [-0.25, -0.2) is 18.1 Å². The molecule has 2 rings (SSSR count). The SMILES string of the molecule is CC(N1CSCC1C#N)N(N=O)C1CCC(NS(C)(=O)=O)CC1. The second kappa shape index (κ2) is 7.79. The second-order valence-corrected chi connectivity index (χ2v) is 8.93. The molecule has 0 bridgehead atoms. The van der Waals surface area contributed by atoms with Gasteiger partial charge in [0.1, 0.15) is 12.2 Å². The van der Waals surface area contributed by atoms with Crippen LogP contribution in [-0.2, 0) is 10.0 Å². The highest BCUT2D eigenvalue weighted by Crippen LogP contribution is 2.30. The Morgan fingerprint density at radius 1 is 1.39 bits per heavy atom. The van der Waals surface area contributed by atoms with Crippen LogP contribution in [0.25, 0.3) is 0 Å². The second-order valence-electron chi connectivity index (χ2n) is 6.15. The van der Waals surface area contributed by atoms with Gasteiger partial charge < -0.3 is 0 Å². The Balaban J connectivity index is 1.95. The maximum atomic E-state index is 11.4. The fraction of sp³-hybridized carbons (Fsp3) is 0.923. The first-order valence-corrected chi connectivity index (χ1v) is 10.7. The Morgan fingerprint density at radius 3 is 2.57 bits per heavy atom. The summed E-state index contributed by atoms with van der Waals surface area (Å²) in [4.78, 5) is 13.3. The van der Waals surface area contributed by atoms with Gasteiger partial charge in [0.25, 0.3) is 0 Å². The molecule has 2 atom stereocenters. The molecule has 8 nitrogen and oxygen atoms in total. The van der Waals surface area contributed by atoms with Gasteiger partial charge in [0, 0.05) is 17.7 Å². The summed E-state index contributed by atoms with van der Waals surface area (Å²) in [5.41, 5.74) is 0. The van der Waals surface area contributed by atoms with Crippen LogP contribution in [0.2, 0.25) is 0 Å². The summed E-state index contributed by atoms with van der Waals surface area (Å²) in [6.07, 6.45) is 3.73. The van der Waals surface area contributed by atoms with Crippen LogP contribution in [0.5, 0.6) is 0 Å². The molecule has 130 valence electrons. The number of hydrogen-bond donors (Lipinski definition) is 1. The number of nitrogens with one attached hydrogen (secondary N) is 1. The highest BCUT2D eigenvalue weighted by molar-refractivity contribution is 7.99. The predicted molar refractivity (Wildman–Crippen MR) is 89.7 cm³/mol. The molecule has 0 radical (unpaired) electrons. The molecule has 0 aromatic rings. The van der Waals surface area contributed by atoms with Crippen molar-refractivity contribution in [3.05, 3.63) is 4.91 Å². The van der Waals surface area contributed by atoms with E-state index in [1.807, 2.05) is 11.8 Å². The van der Waals surface area contributed by atoms with E-state index in [4.69, 9.17) is 0 Å². The summed E-state index contributed by atoms with van der Waals surface area (Å²) in [5, 5.41) is 14.0. The molecule has 0 aromatic heterocycles. The third kappa shape index (κ3) is 4.79. The lowest BCUT2D eigenvalue weighted by Crippen LogP contribution is -2.51. The first-order chi connectivity index (χ1) is 10.9. The molecule has 1 N–H and O–H groups in total. The molecular formula is C13H23N5O3S2. The van der Waals surface area contributed by atoms with Crippen molar-refractivity contribution in [1.29, 1.82) is 5.26 Å². The van der Waals surface area contributed by atoms with Crippen LogP contribution < -0.4 is 4.72 Å². The number of nitriles is 1. The van der Waals surface area contributed by atoms with E-state index in [1.165, 1.54) is 0 Å². The molecule has 1 saturated heterocycles. The number of sulfonamides is 1. The van der Waals surface area contributed by atoms with Gasteiger partial charge >= 0.3 is 0 Å². The van der Waals surface area contributed by atoms with Gasteiger partial charge in [0.05, 0.1) is 23.7 Å². The van der Waals surface area contributed by atoms with Crippen LogP contribution in [0.15, 0.2) is 5.29 Å². The van der Waals surface area contributed by atoms with Gasteiger partial charge in [0.2, 0.25) is 10.0 Å². The van der Waals surface area contributed by atoms with Crippen molar-refractivity contribution < 1.29 is 8.42 Å². The van der Waals surface area contributed by atoms with Crippen LogP contribution in [0.3, 0.4) is 0 Å². The fourth-order valence-electron chi connectivity index (χ4n) is 3.29. The molecule has 2 aliphatic rings. The Kier molecular flexibility index (Phi) is 6.25. The van der Waals surface area contributed by atoms with Crippen molar-refractivity contribution in [1.82, 2.24) is 14.6 Å². The first-order valence-electron chi connectivity index (χ1n) is 7.67. The molecule has 23 heavy (non-hydrogen) atoms. The van der Waals surface area contributed by atoms with E-state index in [1.54, 1.807) is 16.8 Å². The topological polar surface area (TPSA) is 106 Å². The van der Waals surface area contributed by atoms with Gasteiger partial charge in [-0.3, -0.25) is 4.90 Å². The minimum atomic E-state index is -3.20. The normalized spacial score (nSPS) is 30.6. The van der Waals surface area contributed by atoms with Gasteiger partial charge in [-0.05, 0) is 32.6 Å². The van der Waals surface area contributed by atoms with Crippen LogP contribution in [-0.4, -0.2) is 60.5 Å². The minimum absolute atomic E-state index is 0.00921.